The number of para-hydroxylation sites is 2. The van der Waals surface area contributed by atoms with Gasteiger partial charge < -0.3 is 20.1 Å². The summed E-state index contributed by atoms with van der Waals surface area (Å²) in [5.74, 6) is 1.39. The fraction of sp³-hybridized carbons (Fsp3) is 0.562. The molecular weight excluding hydrogens is 304 g/mol. The van der Waals surface area contributed by atoms with Crippen molar-refractivity contribution in [3.8, 4) is 11.5 Å². The fourth-order valence-corrected chi connectivity index (χ4v) is 2.73. The summed E-state index contributed by atoms with van der Waals surface area (Å²) in [5, 5.41) is 0. The van der Waals surface area contributed by atoms with Gasteiger partial charge >= 0.3 is 0 Å². The summed E-state index contributed by atoms with van der Waals surface area (Å²) in [6, 6.07) is 7.47. The minimum atomic E-state index is -0.667. The van der Waals surface area contributed by atoms with Gasteiger partial charge in [-0.25, -0.2) is 0 Å². The van der Waals surface area contributed by atoms with Gasteiger partial charge in [0.2, 0.25) is 5.91 Å². The Kier molecular flexibility index (Phi) is 6.97. The topological polar surface area (TPSA) is 64.8 Å². The Bertz CT molecular complexity index is 490. The molecule has 1 fully saturated rings. The second kappa shape index (κ2) is 8.25. The van der Waals surface area contributed by atoms with Crippen molar-refractivity contribution in [1.29, 1.82) is 0 Å². The Balaban J connectivity index is 0.00000242. The molecule has 0 bridgehead atoms. The zero-order valence-electron chi connectivity index (χ0n) is 13.2. The Morgan fingerprint density at radius 1 is 1.27 bits per heavy atom. The third kappa shape index (κ3) is 4.27. The minimum absolute atomic E-state index is 0. The monoisotopic (exact) mass is 328 g/mol. The van der Waals surface area contributed by atoms with E-state index >= 15 is 0 Å². The molecule has 22 heavy (non-hydrogen) atoms. The van der Waals surface area contributed by atoms with Gasteiger partial charge in [-0.05, 0) is 25.0 Å². The van der Waals surface area contributed by atoms with Gasteiger partial charge in [-0.2, -0.15) is 0 Å². The lowest BCUT2D eigenvalue weighted by Gasteiger charge is -2.28. The van der Waals surface area contributed by atoms with Gasteiger partial charge in [0.25, 0.3) is 0 Å². The van der Waals surface area contributed by atoms with Crippen molar-refractivity contribution in [3.63, 3.8) is 0 Å². The predicted octanol–water partition coefficient (Wildman–Crippen LogP) is 2.23. The number of methoxy groups -OCH3 is 1. The van der Waals surface area contributed by atoms with Crippen molar-refractivity contribution in [1.82, 2.24) is 4.90 Å². The van der Waals surface area contributed by atoms with E-state index in [2.05, 4.69) is 0 Å². The third-order valence-electron chi connectivity index (χ3n) is 4.02. The van der Waals surface area contributed by atoms with Crippen molar-refractivity contribution >= 4 is 18.3 Å². The van der Waals surface area contributed by atoms with Crippen LogP contribution < -0.4 is 15.2 Å². The van der Waals surface area contributed by atoms with Crippen LogP contribution in [-0.2, 0) is 4.79 Å². The normalized spacial score (nSPS) is 15.8. The van der Waals surface area contributed by atoms with Crippen LogP contribution >= 0.6 is 12.4 Å². The van der Waals surface area contributed by atoms with Crippen LogP contribution in [0.15, 0.2) is 24.3 Å². The van der Waals surface area contributed by atoms with Crippen LogP contribution in [0.4, 0.5) is 0 Å². The summed E-state index contributed by atoms with van der Waals surface area (Å²) in [6.45, 7) is 0.925. The van der Waals surface area contributed by atoms with Gasteiger partial charge in [-0.3, -0.25) is 4.79 Å². The van der Waals surface area contributed by atoms with E-state index in [0.717, 1.165) is 25.7 Å². The van der Waals surface area contributed by atoms with Crippen LogP contribution in [0, 0.1) is 0 Å². The quantitative estimate of drug-likeness (QED) is 0.869. The fourth-order valence-electron chi connectivity index (χ4n) is 2.73. The third-order valence-corrected chi connectivity index (χ3v) is 4.02. The molecule has 0 unspecified atom stereocenters. The van der Waals surface area contributed by atoms with E-state index in [1.807, 2.05) is 24.3 Å². The van der Waals surface area contributed by atoms with Crippen LogP contribution in [0.25, 0.3) is 0 Å². The Hall–Kier alpha value is -1.46. The Morgan fingerprint density at radius 3 is 2.45 bits per heavy atom. The number of hydrogen-bond acceptors (Lipinski definition) is 4. The standard InChI is InChI=1S/C16H24N2O3.ClH/c1-18(15(19)16(17)9-5-6-10-16)11-12-21-14-8-4-3-7-13(14)20-2;/h3-4,7-8H,5-6,9-12,17H2,1-2H3;1H. The van der Waals surface area contributed by atoms with E-state index in [1.165, 1.54) is 0 Å². The molecule has 124 valence electrons. The second-order valence-corrected chi connectivity index (χ2v) is 5.59. The van der Waals surface area contributed by atoms with Crippen LogP contribution in [0.5, 0.6) is 11.5 Å². The molecule has 0 spiro atoms. The van der Waals surface area contributed by atoms with E-state index in [0.29, 0.717) is 24.7 Å². The number of ether oxygens (including phenoxy) is 2. The van der Waals surface area contributed by atoms with Crippen molar-refractivity contribution in [2.75, 3.05) is 27.3 Å². The van der Waals surface area contributed by atoms with Gasteiger partial charge in [-0.1, -0.05) is 25.0 Å². The van der Waals surface area contributed by atoms with E-state index in [9.17, 15) is 4.79 Å². The molecule has 0 aliphatic heterocycles. The van der Waals surface area contributed by atoms with Crippen molar-refractivity contribution in [2.24, 2.45) is 5.73 Å². The number of likely N-dealkylation sites (N-methyl/N-ethyl adjacent to an activating group) is 1. The van der Waals surface area contributed by atoms with E-state index in [4.69, 9.17) is 15.2 Å². The number of hydrogen-bond donors (Lipinski definition) is 1. The summed E-state index contributed by atoms with van der Waals surface area (Å²) >= 11 is 0. The molecule has 0 heterocycles. The molecule has 1 aromatic rings. The Labute approximate surface area is 138 Å². The number of amides is 1. The summed E-state index contributed by atoms with van der Waals surface area (Å²) in [7, 11) is 3.39. The molecule has 2 rings (SSSR count). The summed E-state index contributed by atoms with van der Waals surface area (Å²) in [6.07, 6.45) is 3.63. The van der Waals surface area contributed by atoms with E-state index in [1.54, 1.807) is 19.1 Å². The Morgan fingerprint density at radius 2 is 1.86 bits per heavy atom. The summed E-state index contributed by atoms with van der Waals surface area (Å²) in [4.78, 5) is 14.0. The molecule has 1 saturated carbocycles. The number of nitrogens with zero attached hydrogens (tertiary/aromatic N) is 1. The number of benzene rings is 1. The first-order chi connectivity index (χ1) is 10.1. The average Bonchev–Trinajstić information content (AvgIpc) is 2.95. The predicted molar refractivity (Wildman–Crippen MR) is 88.8 cm³/mol. The highest BCUT2D eigenvalue weighted by Crippen LogP contribution is 2.29. The first-order valence-electron chi connectivity index (χ1n) is 7.37. The highest BCUT2D eigenvalue weighted by atomic mass is 35.5. The van der Waals surface area contributed by atoms with Crippen LogP contribution in [0.2, 0.25) is 0 Å². The lowest BCUT2D eigenvalue weighted by molar-refractivity contribution is -0.135. The first kappa shape index (κ1) is 18.6. The van der Waals surface area contributed by atoms with Crippen molar-refractivity contribution < 1.29 is 14.3 Å². The SMILES string of the molecule is COc1ccccc1OCCN(C)C(=O)C1(N)CCCC1.Cl. The zero-order valence-corrected chi connectivity index (χ0v) is 14.0. The number of nitrogens with two attached hydrogens (primary N) is 1. The highest BCUT2D eigenvalue weighted by molar-refractivity contribution is 5.86. The van der Waals surface area contributed by atoms with Gasteiger partial charge in [0.15, 0.2) is 11.5 Å². The lowest BCUT2D eigenvalue weighted by Crippen LogP contribution is -2.53. The molecule has 1 aliphatic rings. The molecule has 0 atom stereocenters. The number of halogens is 1. The summed E-state index contributed by atoms with van der Waals surface area (Å²) in [5.41, 5.74) is 5.51. The number of carbonyl (C=O) groups excluding carboxylic acids is 1. The largest absolute Gasteiger partial charge is 0.493 e. The van der Waals surface area contributed by atoms with Gasteiger partial charge in [0, 0.05) is 7.05 Å². The first-order valence-corrected chi connectivity index (χ1v) is 7.37. The maximum atomic E-state index is 12.4. The molecule has 0 aromatic heterocycles. The van der Waals surface area contributed by atoms with Gasteiger partial charge in [0.1, 0.15) is 6.61 Å². The van der Waals surface area contributed by atoms with Gasteiger partial charge in [0.05, 0.1) is 19.2 Å². The smallest absolute Gasteiger partial charge is 0.242 e. The van der Waals surface area contributed by atoms with E-state index in [-0.39, 0.29) is 18.3 Å². The van der Waals surface area contributed by atoms with Crippen LogP contribution in [-0.4, -0.2) is 43.7 Å². The van der Waals surface area contributed by atoms with Crippen molar-refractivity contribution in [3.05, 3.63) is 24.3 Å². The minimum Gasteiger partial charge on any atom is -0.493 e. The maximum Gasteiger partial charge on any atom is 0.242 e. The van der Waals surface area contributed by atoms with E-state index < -0.39 is 5.54 Å². The maximum absolute atomic E-state index is 12.4. The lowest BCUT2D eigenvalue weighted by atomic mass is 9.97. The molecule has 0 radical (unpaired) electrons. The molecular formula is C16H25ClN2O3. The molecule has 0 saturated heterocycles. The molecule has 1 aromatic carbocycles. The van der Waals surface area contributed by atoms with Crippen LogP contribution in [0.3, 0.4) is 0 Å². The van der Waals surface area contributed by atoms with Crippen LogP contribution in [0.1, 0.15) is 25.7 Å². The zero-order chi connectivity index (χ0) is 15.3. The van der Waals surface area contributed by atoms with Crippen molar-refractivity contribution in [2.45, 2.75) is 31.2 Å². The molecule has 1 amide bonds. The highest BCUT2D eigenvalue weighted by Gasteiger charge is 2.38. The summed E-state index contributed by atoms with van der Waals surface area (Å²) < 4.78 is 10.9. The number of carbonyl (C=O) groups is 1. The molecule has 1 aliphatic carbocycles. The number of rotatable bonds is 6. The average molecular weight is 329 g/mol. The molecule has 6 heteroatoms. The van der Waals surface area contributed by atoms with Gasteiger partial charge in [-0.15, -0.1) is 12.4 Å². The second-order valence-electron chi connectivity index (χ2n) is 5.59. The molecule has 5 nitrogen and oxygen atoms in total. The molecule has 2 N–H and O–H groups in total.